The number of allylic oxidation sites excluding steroid dienone is 1. The molecule has 0 bridgehead atoms. The van der Waals surface area contributed by atoms with Crippen molar-refractivity contribution in [2.75, 3.05) is 20.3 Å². The van der Waals surface area contributed by atoms with Crippen molar-refractivity contribution in [3.8, 4) is 0 Å². The van der Waals surface area contributed by atoms with Crippen LogP contribution < -0.4 is 0 Å². The first kappa shape index (κ1) is 14.9. The lowest BCUT2D eigenvalue weighted by atomic mass is 10.2. The van der Waals surface area contributed by atoms with E-state index in [1.165, 1.54) is 0 Å². The van der Waals surface area contributed by atoms with Crippen LogP contribution in [-0.4, -0.2) is 26.2 Å². The summed E-state index contributed by atoms with van der Waals surface area (Å²) in [5.74, 6) is 0.706. The van der Waals surface area contributed by atoms with Gasteiger partial charge in [0, 0.05) is 25.8 Å². The maximum Gasteiger partial charge on any atom is 0.216 e. The van der Waals surface area contributed by atoms with Crippen molar-refractivity contribution in [1.82, 2.24) is 0 Å². The number of ether oxygens (including phenoxy) is 2. The molecule has 0 unspecified atom stereocenters. The molecular formula is C13H23NO2. The van der Waals surface area contributed by atoms with Crippen LogP contribution in [0.15, 0.2) is 29.0 Å². The fourth-order valence-electron chi connectivity index (χ4n) is 1.16. The minimum atomic E-state index is 0.706. The van der Waals surface area contributed by atoms with E-state index >= 15 is 0 Å². The van der Waals surface area contributed by atoms with Gasteiger partial charge >= 0.3 is 0 Å². The largest absolute Gasteiger partial charge is 0.447 e. The number of aliphatic imine (C=N–C) groups is 1. The maximum atomic E-state index is 5.49. The van der Waals surface area contributed by atoms with E-state index < -0.39 is 0 Å². The summed E-state index contributed by atoms with van der Waals surface area (Å²) in [6, 6.07) is 0. The van der Waals surface area contributed by atoms with E-state index in [0.717, 1.165) is 25.0 Å². The van der Waals surface area contributed by atoms with Crippen molar-refractivity contribution in [1.29, 1.82) is 0 Å². The van der Waals surface area contributed by atoms with Crippen molar-refractivity contribution < 1.29 is 9.47 Å². The third-order valence-electron chi connectivity index (χ3n) is 1.91. The third kappa shape index (κ3) is 7.23. The van der Waals surface area contributed by atoms with Gasteiger partial charge in [-0.1, -0.05) is 13.0 Å². The van der Waals surface area contributed by atoms with E-state index in [4.69, 9.17) is 9.47 Å². The number of methoxy groups -OCH3 is 1. The zero-order chi connectivity index (χ0) is 12.2. The van der Waals surface area contributed by atoms with E-state index in [1.54, 1.807) is 13.4 Å². The predicted octanol–water partition coefficient (Wildman–Crippen LogP) is 3.33. The molecule has 3 nitrogen and oxygen atoms in total. The van der Waals surface area contributed by atoms with Crippen LogP contribution in [0.4, 0.5) is 0 Å². The van der Waals surface area contributed by atoms with Gasteiger partial charge < -0.3 is 9.47 Å². The van der Waals surface area contributed by atoms with Gasteiger partial charge in [0.2, 0.25) is 5.90 Å². The van der Waals surface area contributed by atoms with Gasteiger partial charge in [0.1, 0.15) is 0 Å². The molecule has 0 aromatic heterocycles. The minimum Gasteiger partial charge on any atom is -0.447 e. The number of rotatable bonds is 7. The Morgan fingerprint density at radius 2 is 2.06 bits per heavy atom. The summed E-state index contributed by atoms with van der Waals surface area (Å²) in [5.41, 5.74) is 1.08. The SMILES string of the molecule is CC/C=C(/C)C(=NCC)O/C=C/CCOC. The monoisotopic (exact) mass is 225 g/mol. The molecule has 0 aromatic rings. The second-order valence-corrected chi connectivity index (χ2v) is 3.35. The van der Waals surface area contributed by atoms with E-state index in [2.05, 4.69) is 18.0 Å². The molecule has 0 aliphatic carbocycles. The summed E-state index contributed by atoms with van der Waals surface area (Å²) in [6.45, 7) is 7.56. The Labute approximate surface area is 98.9 Å². The Morgan fingerprint density at radius 3 is 2.62 bits per heavy atom. The van der Waals surface area contributed by atoms with Gasteiger partial charge in [0.05, 0.1) is 6.26 Å². The summed E-state index contributed by atoms with van der Waals surface area (Å²) in [7, 11) is 1.69. The fraction of sp³-hybridized carbons (Fsp3) is 0.615. The van der Waals surface area contributed by atoms with Gasteiger partial charge in [-0.3, -0.25) is 4.99 Å². The van der Waals surface area contributed by atoms with Gasteiger partial charge in [-0.2, -0.15) is 0 Å². The van der Waals surface area contributed by atoms with Crippen LogP contribution in [0.25, 0.3) is 0 Å². The lowest BCUT2D eigenvalue weighted by Gasteiger charge is -2.05. The molecule has 0 spiro atoms. The molecule has 0 saturated carbocycles. The van der Waals surface area contributed by atoms with Crippen LogP contribution >= 0.6 is 0 Å². The lowest BCUT2D eigenvalue weighted by Crippen LogP contribution is -2.03. The molecule has 0 rings (SSSR count). The molecule has 0 aromatic carbocycles. The highest BCUT2D eigenvalue weighted by molar-refractivity contribution is 5.93. The molecule has 0 fully saturated rings. The second-order valence-electron chi connectivity index (χ2n) is 3.35. The van der Waals surface area contributed by atoms with Crippen LogP contribution in [-0.2, 0) is 9.47 Å². The molecular weight excluding hydrogens is 202 g/mol. The van der Waals surface area contributed by atoms with Gasteiger partial charge in [0.25, 0.3) is 0 Å². The normalized spacial score (nSPS) is 13.5. The van der Waals surface area contributed by atoms with Crippen molar-refractivity contribution in [2.24, 2.45) is 4.99 Å². The van der Waals surface area contributed by atoms with E-state index in [1.807, 2.05) is 19.9 Å². The molecule has 0 heterocycles. The molecule has 0 amide bonds. The molecule has 92 valence electrons. The van der Waals surface area contributed by atoms with Crippen LogP contribution in [0.3, 0.4) is 0 Å². The second kappa shape index (κ2) is 10.4. The van der Waals surface area contributed by atoms with Gasteiger partial charge in [-0.05, 0) is 32.8 Å². The van der Waals surface area contributed by atoms with Gasteiger partial charge in [-0.15, -0.1) is 0 Å². The van der Waals surface area contributed by atoms with Gasteiger partial charge in [-0.25, -0.2) is 0 Å². The Hall–Kier alpha value is -1.09. The first-order valence-corrected chi connectivity index (χ1v) is 5.78. The molecule has 3 heteroatoms. The molecule has 0 saturated heterocycles. The van der Waals surface area contributed by atoms with Gasteiger partial charge in [0.15, 0.2) is 0 Å². The van der Waals surface area contributed by atoms with Crippen LogP contribution in [0.2, 0.25) is 0 Å². The molecule has 16 heavy (non-hydrogen) atoms. The van der Waals surface area contributed by atoms with E-state index in [-0.39, 0.29) is 0 Å². The van der Waals surface area contributed by atoms with Crippen molar-refractivity contribution in [2.45, 2.75) is 33.6 Å². The quantitative estimate of drug-likeness (QED) is 0.288. The Bertz CT molecular complexity index is 255. The summed E-state index contributed by atoms with van der Waals surface area (Å²) in [5, 5.41) is 0. The molecule has 0 N–H and O–H groups in total. The van der Waals surface area contributed by atoms with Crippen molar-refractivity contribution in [3.63, 3.8) is 0 Å². The number of hydrogen-bond acceptors (Lipinski definition) is 3. The zero-order valence-corrected chi connectivity index (χ0v) is 10.8. The third-order valence-corrected chi connectivity index (χ3v) is 1.91. The average Bonchev–Trinajstić information content (AvgIpc) is 2.27. The standard InChI is InChI=1S/C13H23NO2/c1-5-9-12(3)13(14-6-2)16-11-8-7-10-15-4/h8-9,11H,5-7,10H2,1-4H3/b11-8+,12-9-,14-13?. The Morgan fingerprint density at radius 1 is 1.31 bits per heavy atom. The highest BCUT2D eigenvalue weighted by Crippen LogP contribution is 2.02. The molecule has 0 atom stereocenters. The Balaban J connectivity index is 4.20. The summed E-state index contributed by atoms with van der Waals surface area (Å²) >= 11 is 0. The first-order valence-electron chi connectivity index (χ1n) is 5.78. The van der Waals surface area contributed by atoms with Crippen LogP contribution in [0.5, 0.6) is 0 Å². The maximum absolute atomic E-state index is 5.49. The topological polar surface area (TPSA) is 30.8 Å². The predicted molar refractivity (Wildman–Crippen MR) is 68.7 cm³/mol. The van der Waals surface area contributed by atoms with E-state index in [9.17, 15) is 0 Å². The highest BCUT2D eigenvalue weighted by Gasteiger charge is 1.99. The fourth-order valence-corrected chi connectivity index (χ4v) is 1.16. The van der Waals surface area contributed by atoms with Crippen LogP contribution in [0.1, 0.15) is 33.6 Å². The molecule has 0 radical (unpaired) electrons. The lowest BCUT2D eigenvalue weighted by molar-refractivity contribution is 0.204. The minimum absolute atomic E-state index is 0.706. The average molecular weight is 225 g/mol. The number of nitrogens with zero attached hydrogens (tertiary/aromatic N) is 1. The Kier molecular flexibility index (Phi) is 9.72. The molecule has 0 aliphatic rings. The smallest absolute Gasteiger partial charge is 0.216 e. The first-order chi connectivity index (χ1) is 7.76. The number of hydrogen-bond donors (Lipinski definition) is 0. The van der Waals surface area contributed by atoms with Crippen molar-refractivity contribution >= 4 is 5.90 Å². The van der Waals surface area contributed by atoms with Crippen LogP contribution in [0, 0.1) is 0 Å². The summed E-state index contributed by atoms with van der Waals surface area (Å²) in [6.07, 6.45) is 7.57. The van der Waals surface area contributed by atoms with Crippen molar-refractivity contribution in [3.05, 3.63) is 24.0 Å². The summed E-state index contributed by atoms with van der Waals surface area (Å²) in [4.78, 5) is 4.30. The van der Waals surface area contributed by atoms with E-state index in [0.29, 0.717) is 12.5 Å². The highest BCUT2D eigenvalue weighted by atomic mass is 16.5. The molecule has 0 aliphatic heterocycles. The zero-order valence-electron chi connectivity index (χ0n) is 10.8. The summed E-state index contributed by atoms with van der Waals surface area (Å²) < 4.78 is 10.4.